The van der Waals surface area contributed by atoms with Crippen molar-refractivity contribution in [1.29, 1.82) is 0 Å². The number of nitrogens with one attached hydrogen (secondary N) is 1. The number of halogens is 1. The fraction of sp³-hybridized carbons (Fsp3) is 0.467. The van der Waals surface area contributed by atoms with Gasteiger partial charge in [0.05, 0.1) is 35.1 Å². The standard InChI is InChI=1S/C30H34FN7O3/c1-36-28-23(11-21-22(34-28)7-8-37(30(21)40)15-20(32)12-31)35-29(36)24-10-19-3-2-4-25(27(19)38(24)14-17-5-6-17)41-16-18-9-26(39)33-13-18/h2-4,10-11,17-18,20H,5-9,12-16,32H2,1H3,(H,33,39)/t18-,20?/m0/s1. The number of imidazole rings is 1. The molecule has 0 bridgehead atoms. The lowest BCUT2D eigenvalue weighted by Crippen LogP contribution is -2.45. The quantitative estimate of drug-likeness (QED) is 0.326. The summed E-state index contributed by atoms with van der Waals surface area (Å²) in [6.45, 7) is 1.95. The van der Waals surface area contributed by atoms with Crippen LogP contribution in [0.4, 0.5) is 4.39 Å². The maximum atomic E-state index is 13.2. The van der Waals surface area contributed by atoms with Crippen molar-refractivity contribution in [3.8, 4) is 17.3 Å². The van der Waals surface area contributed by atoms with Gasteiger partial charge in [-0.2, -0.15) is 0 Å². The van der Waals surface area contributed by atoms with Crippen LogP contribution in [0.15, 0.2) is 30.3 Å². The minimum Gasteiger partial charge on any atom is -0.491 e. The van der Waals surface area contributed by atoms with Gasteiger partial charge in [0.25, 0.3) is 5.91 Å². The van der Waals surface area contributed by atoms with Gasteiger partial charge in [-0.25, -0.2) is 14.4 Å². The molecule has 2 amide bonds. The number of aryl methyl sites for hydroxylation is 1. The molecule has 7 rings (SSSR count). The Bertz CT molecular complexity index is 1670. The number of amides is 2. The molecule has 3 aromatic heterocycles. The molecule has 3 N–H and O–H groups in total. The minimum atomic E-state index is -0.696. The maximum Gasteiger partial charge on any atom is 0.255 e. The van der Waals surface area contributed by atoms with Gasteiger partial charge in [-0.3, -0.25) is 9.59 Å². The van der Waals surface area contributed by atoms with Crippen LogP contribution in [0, 0.1) is 11.8 Å². The summed E-state index contributed by atoms with van der Waals surface area (Å²) in [4.78, 5) is 36.4. The van der Waals surface area contributed by atoms with Crippen LogP contribution in [0.1, 0.15) is 35.3 Å². The number of nitrogens with zero attached hydrogens (tertiary/aromatic N) is 5. The summed E-state index contributed by atoms with van der Waals surface area (Å²) in [6, 6.07) is 9.35. The first-order valence-electron chi connectivity index (χ1n) is 14.4. The predicted octanol–water partition coefficient (Wildman–Crippen LogP) is 2.81. The summed E-state index contributed by atoms with van der Waals surface area (Å²) in [6.07, 6.45) is 3.46. The van der Waals surface area contributed by atoms with E-state index >= 15 is 0 Å². The molecule has 1 saturated heterocycles. The highest BCUT2D eigenvalue weighted by atomic mass is 19.1. The fourth-order valence-corrected chi connectivity index (χ4v) is 6.10. The van der Waals surface area contributed by atoms with E-state index in [-0.39, 0.29) is 24.3 Å². The summed E-state index contributed by atoms with van der Waals surface area (Å²) >= 11 is 0. The molecule has 10 nitrogen and oxygen atoms in total. The molecule has 0 radical (unpaired) electrons. The van der Waals surface area contributed by atoms with Gasteiger partial charge in [-0.1, -0.05) is 12.1 Å². The van der Waals surface area contributed by atoms with E-state index in [9.17, 15) is 14.0 Å². The third-order valence-corrected chi connectivity index (χ3v) is 8.50. The van der Waals surface area contributed by atoms with Gasteiger partial charge in [0.1, 0.15) is 17.9 Å². The van der Waals surface area contributed by atoms with Crippen LogP contribution >= 0.6 is 0 Å². The maximum absolute atomic E-state index is 13.2. The molecule has 4 aromatic rings. The molecule has 41 heavy (non-hydrogen) atoms. The first-order valence-corrected chi connectivity index (χ1v) is 14.4. The topological polar surface area (TPSA) is 120 Å². The van der Waals surface area contributed by atoms with Gasteiger partial charge in [-0.05, 0) is 37.0 Å². The molecular formula is C30H34FN7O3. The number of benzene rings is 1. The number of nitrogens with two attached hydrogens (primary N) is 1. The molecule has 1 aromatic carbocycles. The summed E-state index contributed by atoms with van der Waals surface area (Å²) in [7, 11) is 1.96. The van der Waals surface area contributed by atoms with E-state index in [2.05, 4.69) is 22.0 Å². The predicted molar refractivity (Wildman–Crippen MR) is 152 cm³/mol. The van der Waals surface area contributed by atoms with E-state index in [4.69, 9.17) is 20.4 Å². The van der Waals surface area contributed by atoms with Crippen molar-refractivity contribution in [2.24, 2.45) is 24.6 Å². The zero-order valence-electron chi connectivity index (χ0n) is 23.1. The summed E-state index contributed by atoms with van der Waals surface area (Å²) in [5.41, 5.74) is 10.4. The summed E-state index contributed by atoms with van der Waals surface area (Å²) in [5.74, 6) is 2.23. The number of ether oxygens (including phenoxy) is 1. The number of alkyl halides is 1. The van der Waals surface area contributed by atoms with Crippen molar-refractivity contribution >= 4 is 33.9 Å². The van der Waals surface area contributed by atoms with Crippen LogP contribution in [0.3, 0.4) is 0 Å². The van der Waals surface area contributed by atoms with Crippen LogP contribution in [0.5, 0.6) is 5.75 Å². The molecular weight excluding hydrogens is 525 g/mol. The van der Waals surface area contributed by atoms with E-state index in [0.717, 1.165) is 46.1 Å². The van der Waals surface area contributed by atoms with Crippen molar-refractivity contribution < 1.29 is 18.7 Å². The van der Waals surface area contributed by atoms with E-state index in [1.807, 2.05) is 29.8 Å². The van der Waals surface area contributed by atoms with Gasteiger partial charge in [0.2, 0.25) is 5.91 Å². The van der Waals surface area contributed by atoms with Crippen molar-refractivity contribution in [1.82, 2.24) is 29.3 Å². The Hall–Kier alpha value is -3.99. The third kappa shape index (κ3) is 4.71. The Balaban J connectivity index is 1.28. The van der Waals surface area contributed by atoms with Gasteiger partial charge >= 0.3 is 0 Å². The molecule has 1 saturated carbocycles. The SMILES string of the molecule is Cn1c(-c2cc3cccc(OC[C@@H]4CNC(=O)C4)c3n2CC2CC2)nc2cc3c(nc21)CCN(CC(N)CF)C3=O. The number of fused-ring (bicyclic) bond motifs is 3. The lowest BCUT2D eigenvalue weighted by atomic mass is 10.0. The van der Waals surface area contributed by atoms with Gasteiger partial charge in [0.15, 0.2) is 11.5 Å². The number of carbonyl (C=O) groups is 2. The number of rotatable bonds is 9. The first kappa shape index (κ1) is 25.9. The second kappa shape index (κ2) is 10.1. The fourth-order valence-electron chi connectivity index (χ4n) is 6.10. The molecule has 2 aliphatic heterocycles. The molecule has 1 aliphatic carbocycles. The number of pyridine rings is 1. The van der Waals surface area contributed by atoms with E-state index in [1.165, 1.54) is 12.8 Å². The minimum absolute atomic E-state index is 0.0751. The van der Waals surface area contributed by atoms with Crippen LogP contribution in [0.2, 0.25) is 0 Å². The number of carbonyl (C=O) groups excluding carboxylic acids is 2. The normalized spacial score (nSPS) is 19.7. The average molecular weight is 560 g/mol. The molecule has 0 spiro atoms. The second-order valence-electron chi connectivity index (χ2n) is 11.7. The molecule has 3 aliphatic rings. The van der Waals surface area contributed by atoms with Crippen LogP contribution in [-0.4, -0.2) is 74.8 Å². The zero-order chi connectivity index (χ0) is 28.2. The van der Waals surface area contributed by atoms with E-state index < -0.39 is 12.7 Å². The number of hydrogen-bond acceptors (Lipinski definition) is 6. The number of hydrogen-bond donors (Lipinski definition) is 2. The van der Waals surface area contributed by atoms with E-state index in [1.54, 1.807) is 4.90 Å². The van der Waals surface area contributed by atoms with E-state index in [0.29, 0.717) is 49.5 Å². The lowest BCUT2D eigenvalue weighted by molar-refractivity contribution is -0.119. The van der Waals surface area contributed by atoms with Gasteiger partial charge < -0.3 is 29.8 Å². The third-order valence-electron chi connectivity index (χ3n) is 8.50. The Morgan fingerprint density at radius 3 is 2.80 bits per heavy atom. The Morgan fingerprint density at radius 1 is 1.20 bits per heavy atom. The van der Waals surface area contributed by atoms with Crippen molar-refractivity contribution in [3.05, 3.63) is 41.6 Å². The molecule has 2 atom stereocenters. The van der Waals surface area contributed by atoms with Crippen molar-refractivity contribution in [2.75, 3.05) is 32.9 Å². The molecule has 11 heteroatoms. The highest BCUT2D eigenvalue weighted by molar-refractivity contribution is 5.99. The van der Waals surface area contributed by atoms with Crippen molar-refractivity contribution in [3.63, 3.8) is 0 Å². The average Bonchev–Trinajstić information content (AvgIpc) is 3.45. The molecule has 214 valence electrons. The first-order chi connectivity index (χ1) is 19.9. The number of aromatic nitrogens is 4. The van der Waals surface area contributed by atoms with Crippen LogP contribution in [-0.2, 0) is 24.8 Å². The lowest BCUT2D eigenvalue weighted by Gasteiger charge is -2.29. The van der Waals surface area contributed by atoms with Gasteiger partial charge in [-0.15, -0.1) is 0 Å². The Morgan fingerprint density at radius 2 is 2.05 bits per heavy atom. The van der Waals surface area contributed by atoms with Crippen molar-refractivity contribution in [2.45, 2.75) is 38.3 Å². The zero-order valence-corrected chi connectivity index (χ0v) is 23.1. The van der Waals surface area contributed by atoms with Gasteiger partial charge in [0, 0.05) is 57.4 Å². The highest BCUT2D eigenvalue weighted by Gasteiger charge is 2.30. The Labute approximate surface area is 236 Å². The molecule has 2 fully saturated rings. The molecule has 1 unspecified atom stereocenters. The Kier molecular flexibility index (Phi) is 6.41. The monoisotopic (exact) mass is 559 g/mol. The summed E-state index contributed by atoms with van der Waals surface area (Å²) < 4.78 is 23.7. The molecule has 5 heterocycles. The van der Waals surface area contributed by atoms with Crippen LogP contribution in [0.25, 0.3) is 33.6 Å². The highest BCUT2D eigenvalue weighted by Crippen LogP contribution is 2.39. The summed E-state index contributed by atoms with van der Waals surface area (Å²) in [5, 5.41) is 3.95. The van der Waals surface area contributed by atoms with Crippen LogP contribution < -0.4 is 15.8 Å². The largest absolute Gasteiger partial charge is 0.491 e. The number of para-hydroxylation sites is 1. The second-order valence-corrected chi connectivity index (χ2v) is 11.7. The smallest absolute Gasteiger partial charge is 0.255 e.